The van der Waals surface area contributed by atoms with Gasteiger partial charge in [-0.1, -0.05) is 42.5 Å². The first-order valence-corrected chi connectivity index (χ1v) is 8.86. The molecule has 22 heavy (non-hydrogen) atoms. The van der Waals surface area contributed by atoms with Crippen LogP contribution in [0.3, 0.4) is 0 Å². The van der Waals surface area contributed by atoms with E-state index >= 15 is 0 Å². The molecule has 1 aromatic heterocycles. The molecule has 1 aliphatic rings. The number of aryl methyl sites for hydroxylation is 1. The van der Waals surface area contributed by atoms with Crippen LogP contribution in [0.1, 0.15) is 35.9 Å². The fourth-order valence-electron chi connectivity index (χ4n) is 2.97. The molecular formula is C17H23N3OS. The molecular weight excluding hydrogens is 294 g/mol. The number of rotatable bonds is 6. The van der Waals surface area contributed by atoms with Gasteiger partial charge in [-0.2, -0.15) is 0 Å². The Morgan fingerprint density at radius 2 is 2.00 bits per heavy atom. The predicted octanol–water partition coefficient (Wildman–Crippen LogP) is 3.05. The monoisotopic (exact) mass is 317 g/mol. The zero-order valence-corrected chi connectivity index (χ0v) is 13.9. The largest absolute Gasteiger partial charge is 0.392 e. The average molecular weight is 317 g/mol. The van der Waals surface area contributed by atoms with E-state index in [0.29, 0.717) is 5.92 Å². The summed E-state index contributed by atoms with van der Waals surface area (Å²) < 4.78 is 0. The van der Waals surface area contributed by atoms with Gasteiger partial charge in [0.2, 0.25) is 5.13 Å². The van der Waals surface area contributed by atoms with Gasteiger partial charge in [-0.15, -0.1) is 10.2 Å². The molecule has 1 N–H and O–H groups in total. The van der Waals surface area contributed by atoms with E-state index in [1.165, 1.54) is 12.0 Å². The lowest BCUT2D eigenvalue weighted by molar-refractivity contribution is 0.282. The van der Waals surface area contributed by atoms with E-state index in [4.69, 9.17) is 5.11 Å². The first-order chi connectivity index (χ1) is 10.8. The van der Waals surface area contributed by atoms with E-state index in [2.05, 4.69) is 34.2 Å². The van der Waals surface area contributed by atoms with Gasteiger partial charge in [-0.3, -0.25) is 0 Å². The molecule has 1 saturated heterocycles. The van der Waals surface area contributed by atoms with Gasteiger partial charge in [-0.25, -0.2) is 0 Å². The highest BCUT2D eigenvalue weighted by Gasteiger charge is 2.25. The van der Waals surface area contributed by atoms with E-state index in [1.807, 2.05) is 12.1 Å². The molecule has 0 bridgehead atoms. The van der Waals surface area contributed by atoms with Crippen LogP contribution in [-0.2, 0) is 19.4 Å². The molecule has 4 nitrogen and oxygen atoms in total. The molecule has 0 spiro atoms. The summed E-state index contributed by atoms with van der Waals surface area (Å²) in [5, 5.41) is 20.0. The van der Waals surface area contributed by atoms with Crippen LogP contribution < -0.4 is 4.90 Å². The third-order valence-corrected chi connectivity index (χ3v) is 5.25. The first-order valence-electron chi connectivity index (χ1n) is 8.04. The van der Waals surface area contributed by atoms with Gasteiger partial charge in [0.05, 0.1) is 6.61 Å². The van der Waals surface area contributed by atoms with Crippen molar-refractivity contribution in [3.63, 3.8) is 0 Å². The van der Waals surface area contributed by atoms with E-state index in [-0.39, 0.29) is 6.61 Å². The number of aromatic nitrogens is 2. The molecule has 0 radical (unpaired) electrons. The van der Waals surface area contributed by atoms with Crippen molar-refractivity contribution < 1.29 is 5.11 Å². The molecule has 0 saturated carbocycles. The van der Waals surface area contributed by atoms with Gasteiger partial charge in [-0.05, 0) is 36.3 Å². The Kier molecular flexibility index (Phi) is 5.05. The minimum atomic E-state index is 0.120. The van der Waals surface area contributed by atoms with Crippen molar-refractivity contribution in [2.45, 2.75) is 39.2 Å². The summed E-state index contributed by atoms with van der Waals surface area (Å²) >= 11 is 1.74. The van der Waals surface area contributed by atoms with Gasteiger partial charge >= 0.3 is 0 Å². The average Bonchev–Trinajstić information content (AvgIpc) is 3.18. The minimum Gasteiger partial charge on any atom is -0.392 e. The number of anilines is 1. The number of hydrogen-bond acceptors (Lipinski definition) is 5. The van der Waals surface area contributed by atoms with Crippen LogP contribution in [0.5, 0.6) is 0 Å². The zero-order chi connectivity index (χ0) is 15.4. The number of aliphatic hydroxyl groups excluding tert-OH is 1. The number of nitrogens with zero attached hydrogens (tertiary/aromatic N) is 3. The third kappa shape index (κ3) is 3.65. The van der Waals surface area contributed by atoms with E-state index in [0.717, 1.165) is 48.1 Å². The quantitative estimate of drug-likeness (QED) is 0.889. The van der Waals surface area contributed by atoms with Crippen molar-refractivity contribution in [2.24, 2.45) is 5.92 Å². The molecule has 2 aromatic rings. The highest BCUT2D eigenvalue weighted by Crippen LogP contribution is 2.28. The minimum absolute atomic E-state index is 0.120. The Labute approximate surface area is 135 Å². The standard InChI is InChI=1S/C17H23N3OS/c1-2-3-16-18-19-17(22-16)20-9-8-15(11-20)10-13-4-6-14(12-21)7-5-13/h4-7,15,21H,2-3,8-12H2,1H3/t15-/m1/s1. The lowest BCUT2D eigenvalue weighted by atomic mass is 9.98. The van der Waals surface area contributed by atoms with Crippen LogP contribution in [0.2, 0.25) is 0 Å². The highest BCUT2D eigenvalue weighted by atomic mass is 32.1. The first kappa shape index (κ1) is 15.4. The summed E-state index contributed by atoms with van der Waals surface area (Å²) in [7, 11) is 0. The molecule has 0 unspecified atom stereocenters. The van der Waals surface area contributed by atoms with Crippen molar-refractivity contribution in [2.75, 3.05) is 18.0 Å². The molecule has 1 atom stereocenters. The van der Waals surface area contributed by atoms with Crippen molar-refractivity contribution >= 4 is 16.5 Å². The molecule has 1 aromatic carbocycles. The molecule has 0 aliphatic carbocycles. The van der Waals surface area contributed by atoms with Gasteiger partial charge in [0.1, 0.15) is 5.01 Å². The zero-order valence-electron chi connectivity index (χ0n) is 13.0. The fraction of sp³-hybridized carbons (Fsp3) is 0.529. The lowest BCUT2D eigenvalue weighted by Crippen LogP contribution is -2.20. The second-order valence-electron chi connectivity index (χ2n) is 6.01. The predicted molar refractivity (Wildman–Crippen MR) is 90.3 cm³/mol. The summed E-state index contributed by atoms with van der Waals surface area (Å²) in [6, 6.07) is 8.31. The Morgan fingerprint density at radius 3 is 2.73 bits per heavy atom. The maximum Gasteiger partial charge on any atom is 0.208 e. The van der Waals surface area contributed by atoms with E-state index in [9.17, 15) is 0 Å². The van der Waals surface area contributed by atoms with Crippen molar-refractivity contribution in [1.82, 2.24) is 10.2 Å². The van der Waals surface area contributed by atoms with Gasteiger partial charge < -0.3 is 10.0 Å². The van der Waals surface area contributed by atoms with Crippen LogP contribution in [0.25, 0.3) is 0 Å². The van der Waals surface area contributed by atoms with Crippen LogP contribution in [0, 0.1) is 5.92 Å². The molecule has 1 fully saturated rings. The SMILES string of the molecule is CCCc1nnc(N2CC[C@H](Cc3ccc(CO)cc3)C2)s1. The summed E-state index contributed by atoms with van der Waals surface area (Å²) in [4.78, 5) is 2.38. The van der Waals surface area contributed by atoms with Gasteiger partial charge in [0, 0.05) is 19.5 Å². The second-order valence-corrected chi connectivity index (χ2v) is 7.05. The second kappa shape index (κ2) is 7.20. The molecule has 2 heterocycles. The Hall–Kier alpha value is -1.46. The Morgan fingerprint density at radius 1 is 1.23 bits per heavy atom. The summed E-state index contributed by atoms with van der Waals surface area (Å²) in [5.74, 6) is 0.679. The lowest BCUT2D eigenvalue weighted by Gasteiger charge is -2.14. The van der Waals surface area contributed by atoms with Crippen LogP contribution in [-0.4, -0.2) is 28.4 Å². The summed E-state index contributed by atoms with van der Waals surface area (Å²) in [6.45, 7) is 4.45. The van der Waals surface area contributed by atoms with Crippen LogP contribution in [0.4, 0.5) is 5.13 Å². The number of benzene rings is 1. The van der Waals surface area contributed by atoms with E-state index < -0.39 is 0 Å². The number of aliphatic hydroxyl groups is 1. The van der Waals surface area contributed by atoms with Gasteiger partial charge in [0.15, 0.2) is 0 Å². The highest BCUT2D eigenvalue weighted by molar-refractivity contribution is 7.15. The Bertz CT molecular complexity index is 596. The molecule has 1 aliphatic heterocycles. The maximum absolute atomic E-state index is 9.10. The summed E-state index contributed by atoms with van der Waals surface area (Å²) in [5.41, 5.74) is 2.34. The number of hydrogen-bond donors (Lipinski definition) is 1. The topological polar surface area (TPSA) is 49.2 Å². The van der Waals surface area contributed by atoms with Crippen molar-refractivity contribution in [3.05, 3.63) is 40.4 Å². The molecule has 118 valence electrons. The molecule has 3 rings (SSSR count). The van der Waals surface area contributed by atoms with Gasteiger partial charge in [0.25, 0.3) is 0 Å². The Balaban J connectivity index is 1.56. The van der Waals surface area contributed by atoms with Crippen molar-refractivity contribution in [1.29, 1.82) is 0 Å². The maximum atomic E-state index is 9.10. The molecule has 0 amide bonds. The smallest absolute Gasteiger partial charge is 0.208 e. The normalized spacial score (nSPS) is 18.1. The van der Waals surface area contributed by atoms with Crippen molar-refractivity contribution in [3.8, 4) is 0 Å². The summed E-state index contributed by atoms with van der Waals surface area (Å²) in [6.07, 6.45) is 4.47. The molecule has 5 heteroatoms. The van der Waals surface area contributed by atoms with Crippen LogP contribution in [0.15, 0.2) is 24.3 Å². The van der Waals surface area contributed by atoms with E-state index in [1.54, 1.807) is 11.3 Å². The fourth-order valence-corrected chi connectivity index (χ4v) is 3.95. The van der Waals surface area contributed by atoms with Crippen LogP contribution >= 0.6 is 11.3 Å². The third-order valence-electron chi connectivity index (χ3n) is 4.21.